The van der Waals surface area contributed by atoms with Gasteiger partial charge in [-0.05, 0) is 33.3 Å². The van der Waals surface area contributed by atoms with Gasteiger partial charge in [-0.25, -0.2) is 9.59 Å². The monoisotopic (exact) mass is 442 g/mol. The lowest BCUT2D eigenvalue weighted by Crippen LogP contribution is -2.62. The van der Waals surface area contributed by atoms with Crippen molar-refractivity contribution in [1.29, 1.82) is 0 Å². The summed E-state index contributed by atoms with van der Waals surface area (Å²) in [5.74, 6) is 0. The van der Waals surface area contributed by atoms with Gasteiger partial charge in [0.25, 0.3) is 10.1 Å². The molecule has 1 saturated heterocycles. The van der Waals surface area contributed by atoms with E-state index in [1.54, 1.807) is 27.7 Å². The van der Waals surface area contributed by atoms with Crippen LogP contribution in [0.2, 0.25) is 0 Å². The molecular formula is C20H30N2O7S. The highest BCUT2D eigenvalue weighted by Crippen LogP contribution is 2.21. The summed E-state index contributed by atoms with van der Waals surface area (Å²) in [6.07, 6.45) is -0.199. The van der Waals surface area contributed by atoms with Crippen LogP contribution >= 0.6 is 0 Å². The van der Waals surface area contributed by atoms with Crippen molar-refractivity contribution < 1.29 is 31.7 Å². The summed E-state index contributed by atoms with van der Waals surface area (Å²) in [6.45, 7) is 7.09. The van der Waals surface area contributed by atoms with Crippen molar-refractivity contribution in [2.24, 2.45) is 0 Å². The highest BCUT2D eigenvalue weighted by molar-refractivity contribution is 7.85. The molecule has 2 atom stereocenters. The van der Waals surface area contributed by atoms with Gasteiger partial charge in [-0.1, -0.05) is 30.3 Å². The molecule has 0 N–H and O–H groups in total. The third-order valence-electron chi connectivity index (χ3n) is 4.38. The lowest BCUT2D eigenvalue weighted by Gasteiger charge is -2.44. The molecule has 1 fully saturated rings. The first-order valence-corrected chi connectivity index (χ1v) is 11.5. The molecule has 2 amide bonds. The number of carbonyl (C=O) groups excluding carboxylic acids is 2. The summed E-state index contributed by atoms with van der Waals surface area (Å²) in [5, 5.41) is 0. The van der Waals surface area contributed by atoms with Gasteiger partial charge in [0.05, 0.1) is 24.9 Å². The molecule has 168 valence electrons. The minimum atomic E-state index is -3.72. The van der Waals surface area contributed by atoms with Crippen molar-refractivity contribution in [3.8, 4) is 0 Å². The second kappa shape index (κ2) is 9.65. The fourth-order valence-corrected chi connectivity index (χ4v) is 3.39. The van der Waals surface area contributed by atoms with Gasteiger partial charge in [-0.2, -0.15) is 8.42 Å². The van der Waals surface area contributed by atoms with Crippen LogP contribution in [0.25, 0.3) is 0 Å². The average Bonchev–Trinajstić information content (AvgIpc) is 2.63. The van der Waals surface area contributed by atoms with Crippen molar-refractivity contribution in [3.05, 3.63) is 35.9 Å². The number of piperazine rings is 1. The molecule has 1 aromatic carbocycles. The quantitative estimate of drug-likeness (QED) is 0.646. The maximum Gasteiger partial charge on any atom is 0.410 e. The molecule has 1 aliphatic heterocycles. The summed E-state index contributed by atoms with van der Waals surface area (Å²) in [6, 6.07) is 8.16. The van der Waals surface area contributed by atoms with Gasteiger partial charge in [0.2, 0.25) is 0 Å². The van der Waals surface area contributed by atoms with Gasteiger partial charge in [-0.3, -0.25) is 9.08 Å². The van der Waals surface area contributed by atoms with Crippen LogP contribution in [0.3, 0.4) is 0 Å². The van der Waals surface area contributed by atoms with Crippen LogP contribution in [0.1, 0.15) is 33.3 Å². The zero-order chi connectivity index (χ0) is 22.5. The van der Waals surface area contributed by atoms with Gasteiger partial charge in [0.1, 0.15) is 12.2 Å². The highest BCUT2D eigenvalue weighted by Gasteiger charge is 2.39. The van der Waals surface area contributed by atoms with Crippen LogP contribution in [0.15, 0.2) is 30.3 Å². The number of hydrogen-bond donors (Lipinski definition) is 0. The number of amides is 2. The third kappa shape index (κ3) is 7.49. The Bertz CT molecular complexity index is 836. The molecule has 0 bridgehead atoms. The topological polar surface area (TPSA) is 102 Å². The maximum atomic E-state index is 12.7. The molecule has 9 nitrogen and oxygen atoms in total. The third-order valence-corrected chi connectivity index (χ3v) is 4.95. The van der Waals surface area contributed by atoms with E-state index < -0.39 is 33.9 Å². The Morgan fingerprint density at radius 2 is 1.70 bits per heavy atom. The number of benzene rings is 1. The predicted octanol–water partition coefficient (Wildman–Crippen LogP) is 2.61. The minimum absolute atomic E-state index is 0.0615. The molecule has 0 aliphatic carbocycles. The van der Waals surface area contributed by atoms with E-state index in [1.807, 2.05) is 30.3 Å². The first-order valence-electron chi connectivity index (χ1n) is 9.67. The van der Waals surface area contributed by atoms with E-state index in [0.717, 1.165) is 11.8 Å². The van der Waals surface area contributed by atoms with Gasteiger partial charge >= 0.3 is 12.2 Å². The Morgan fingerprint density at radius 1 is 1.07 bits per heavy atom. The molecule has 1 aliphatic rings. The summed E-state index contributed by atoms with van der Waals surface area (Å²) >= 11 is 0. The summed E-state index contributed by atoms with van der Waals surface area (Å²) in [4.78, 5) is 28.2. The van der Waals surface area contributed by atoms with Crippen molar-refractivity contribution >= 4 is 22.3 Å². The van der Waals surface area contributed by atoms with E-state index in [1.165, 1.54) is 9.80 Å². The van der Waals surface area contributed by atoms with Crippen molar-refractivity contribution in [2.75, 3.05) is 26.0 Å². The van der Waals surface area contributed by atoms with Crippen molar-refractivity contribution in [3.63, 3.8) is 0 Å². The van der Waals surface area contributed by atoms with Crippen LogP contribution < -0.4 is 0 Å². The second-order valence-electron chi connectivity index (χ2n) is 8.32. The zero-order valence-electron chi connectivity index (χ0n) is 18.0. The van der Waals surface area contributed by atoms with Crippen LogP contribution in [0.5, 0.6) is 0 Å². The zero-order valence-corrected chi connectivity index (χ0v) is 18.8. The fourth-order valence-electron chi connectivity index (χ4n) is 2.98. The Balaban J connectivity index is 2.12. The van der Waals surface area contributed by atoms with Crippen LogP contribution in [-0.4, -0.2) is 74.0 Å². The molecule has 1 aromatic rings. The smallest absolute Gasteiger partial charge is 0.410 e. The van der Waals surface area contributed by atoms with Crippen LogP contribution in [0, 0.1) is 0 Å². The molecule has 0 saturated carbocycles. The summed E-state index contributed by atoms with van der Waals surface area (Å²) in [5.41, 5.74) is 0.150. The molecule has 0 unspecified atom stereocenters. The average molecular weight is 443 g/mol. The van der Waals surface area contributed by atoms with E-state index in [0.29, 0.717) is 0 Å². The van der Waals surface area contributed by atoms with E-state index in [9.17, 15) is 18.0 Å². The van der Waals surface area contributed by atoms with E-state index in [2.05, 4.69) is 0 Å². The molecule has 0 aromatic heterocycles. The van der Waals surface area contributed by atoms with E-state index >= 15 is 0 Å². The van der Waals surface area contributed by atoms with Crippen molar-refractivity contribution in [2.45, 2.75) is 52.0 Å². The molecule has 0 radical (unpaired) electrons. The molecule has 1 heterocycles. The molecule has 10 heteroatoms. The van der Waals surface area contributed by atoms with E-state index in [-0.39, 0.29) is 32.3 Å². The van der Waals surface area contributed by atoms with Gasteiger partial charge in [0, 0.05) is 13.1 Å². The Kier molecular flexibility index (Phi) is 7.70. The second-order valence-corrected chi connectivity index (χ2v) is 9.96. The largest absolute Gasteiger partial charge is 0.445 e. The SMILES string of the molecule is C[C@H]1CN(C(=O)OCc2ccccc2)[C@@H](COS(C)(=O)=O)CN1C(=O)OC(C)(C)C. The molecule has 2 rings (SSSR count). The van der Waals surface area contributed by atoms with Gasteiger partial charge in [0.15, 0.2) is 0 Å². The Hall–Kier alpha value is -2.33. The predicted molar refractivity (Wildman–Crippen MR) is 110 cm³/mol. The number of ether oxygens (including phenoxy) is 2. The van der Waals surface area contributed by atoms with Crippen LogP contribution in [0.4, 0.5) is 9.59 Å². The number of rotatable bonds is 5. The van der Waals surface area contributed by atoms with E-state index in [4.69, 9.17) is 13.7 Å². The molecule has 0 spiro atoms. The summed E-state index contributed by atoms with van der Waals surface area (Å²) < 4.78 is 38.7. The lowest BCUT2D eigenvalue weighted by atomic mass is 10.1. The Morgan fingerprint density at radius 3 is 2.27 bits per heavy atom. The molecule has 30 heavy (non-hydrogen) atoms. The molecular weight excluding hydrogens is 412 g/mol. The summed E-state index contributed by atoms with van der Waals surface area (Å²) in [7, 11) is -3.72. The van der Waals surface area contributed by atoms with Gasteiger partial charge in [-0.15, -0.1) is 0 Å². The van der Waals surface area contributed by atoms with Crippen LogP contribution in [-0.2, 0) is 30.4 Å². The van der Waals surface area contributed by atoms with Crippen molar-refractivity contribution in [1.82, 2.24) is 9.80 Å². The number of hydrogen-bond acceptors (Lipinski definition) is 7. The standard InChI is InChI=1S/C20H30N2O7S/c1-15-11-22(18(23)27-13-16-9-7-6-8-10-16)17(14-28-30(5,25)26)12-21(15)19(24)29-20(2,3)4/h6-10,15,17H,11-14H2,1-5H3/t15-,17+/m0/s1. The normalized spacial score (nSPS) is 20.0. The maximum absolute atomic E-state index is 12.7. The van der Waals surface area contributed by atoms with Gasteiger partial charge < -0.3 is 14.4 Å². The highest BCUT2D eigenvalue weighted by atomic mass is 32.2. The Labute approximate surface area is 178 Å². The number of nitrogens with zero attached hydrogens (tertiary/aromatic N) is 2. The number of carbonyl (C=O) groups is 2. The minimum Gasteiger partial charge on any atom is -0.445 e. The lowest BCUT2D eigenvalue weighted by molar-refractivity contribution is -0.0202. The first-order chi connectivity index (χ1) is 13.9. The fraction of sp³-hybridized carbons (Fsp3) is 0.600. The first kappa shape index (κ1) is 23.9.